The molecule has 19 heteroatoms. The van der Waals surface area contributed by atoms with Gasteiger partial charge < -0.3 is 30.4 Å². The van der Waals surface area contributed by atoms with E-state index in [9.17, 15) is 4.79 Å². The topological polar surface area (TPSA) is 231 Å². The van der Waals surface area contributed by atoms with Gasteiger partial charge >= 0.3 is 0 Å². The molecule has 0 aromatic carbocycles. The Hall–Kier alpha value is -5.53. The predicted molar refractivity (Wildman–Crippen MR) is 170 cm³/mol. The molecule has 19 nitrogen and oxygen atoms in total. The average Bonchev–Trinajstić information content (AvgIpc) is 3.39. The molecule has 1 amide bonds. The Kier molecular flexibility index (Phi) is 7.41. The first-order valence-corrected chi connectivity index (χ1v) is 15.6. The first-order valence-electron chi connectivity index (χ1n) is 15.6. The Bertz CT molecular complexity index is 2030. The Labute approximate surface area is 272 Å². The number of aryl methyl sites for hydroxylation is 1. The van der Waals surface area contributed by atoms with Crippen LogP contribution in [-0.2, 0) is 11.3 Å². The van der Waals surface area contributed by atoms with Gasteiger partial charge in [-0.15, -0.1) is 4.59 Å². The lowest BCUT2D eigenvalue weighted by Crippen LogP contribution is -2.59. The van der Waals surface area contributed by atoms with Crippen molar-refractivity contribution in [3.05, 3.63) is 35.9 Å². The van der Waals surface area contributed by atoms with Crippen LogP contribution in [0.2, 0.25) is 0 Å². The summed E-state index contributed by atoms with van der Waals surface area (Å²) in [6.45, 7) is 5.29. The number of hydrogen-bond donors (Lipinski definition) is 4. The fraction of sp³-hybridized carbons (Fsp3) is 0.414. The molecule has 1 saturated carbocycles. The molecule has 0 spiro atoms. The molecule has 2 aliphatic heterocycles. The van der Waals surface area contributed by atoms with Gasteiger partial charge in [0.15, 0.2) is 17.2 Å². The number of carbonyl (C=O) groups excluding carboxylic acids is 1. The van der Waals surface area contributed by atoms with Crippen LogP contribution < -0.4 is 31.1 Å². The van der Waals surface area contributed by atoms with Crippen LogP contribution in [0.3, 0.4) is 0 Å². The zero-order valence-electron chi connectivity index (χ0n) is 26.2. The van der Waals surface area contributed by atoms with Crippen molar-refractivity contribution in [3.8, 4) is 17.4 Å². The number of aromatic nitrogens is 8. The number of anilines is 2. The molecule has 2 unspecified atom stereocenters. The number of morpholine rings is 1. The van der Waals surface area contributed by atoms with Crippen LogP contribution in [0.25, 0.3) is 22.6 Å². The molecule has 48 heavy (non-hydrogen) atoms. The third-order valence-corrected chi connectivity index (χ3v) is 8.69. The van der Waals surface area contributed by atoms with Gasteiger partial charge in [0.05, 0.1) is 37.7 Å². The van der Waals surface area contributed by atoms with Gasteiger partial charge in [-0.1, -0.05) is 0 Å². The van der Waals surface area contributed by atoms with Crippen LogP contribution >= 0.6 is 0 Å². The van der Waals surface area contributed by atoms with E-state index in [2.05, 4.69) is 46.7 Å². The van der Waals surface area contributed by atoms with E-state index in [1.165, 1.54) is 6.20 Å². The van der Waals surface area contributed by atoms with E-state index in [1.54, 1.807) is 19.5 Å². The lowest BCUT2D eigenvalue weighted by molar-refractivity contribution is 0.0287. The van der Waals surface area contributed by atoms with E-state index in [4.69, 9.17) is 34.4 Å². The van der Waals surface area contributed by atoms with Gasteiger partial charge in [0.2, 0.25) is 28.9 Å². The number of nitrogen functional groups attached to an aromatic ring is 1. The van der Waals surface area contributed by atoms with Gasteiger partial charge in [0.1, 0.15) is 17.6 Å². The Morgan fingerprint density at radius 1 is 1.17 bits per heavy atom. The van der Waals surface area contributed by atoms with Crippen LogP contribution in [0, 0.1) is 5.92 Å². The molecule has 1 saturated heterocycles. The second-order valence-corrected chi connectivity index (χ2v) is 11.8. The van der Waals surface area contributed by atoms with E-state index >= 15 is 0 Å². The molecule has 0 radical (unpaired) electrons. The van der Waals surface area contributed by atoms with Gasteiger partial charge in [-0.2, -0.15) is 4.99 Å². The number of amides is 1. The third kappa shape index (κ3) is 5.07. The fourth-order valence-electron chi connectivity index (χ4n) is 6.27. The number of nitrogens with zero attached hydrogens (tertiary/aromatic N) is 10. The van der Waals surface area contributed by atoms with Crippen LogP contribution in [0.5, 0.6) is 5.88 Å². The molecule has 3 aliphatic rings. The number of methoxy groups -OCH3 is 1. The van der Waals surface area contributed by atoms with E-state index in [-0.39, 0.29) is 39.9 Å². The number of aliphatic imine (C=N–C) groups is 1. The molecule has 8 rings (SSSR count). The zero-order chi connectivity index (χ0) is 32.8. The Balaban J connectivity index is 1.25. The summed E-state index contributed by atoms with van der Waals surface area (Å²) in [4.78, 5) is 32.4. The molecule has 2 fully saturated rings. The normalized spacial score (nSPS) is 20.5. The maximum atomic E-state index is 14.0. The summed E-state index contributed by atoms with van der Waals surface area (Å²) in [6.07, 6.45) is 6.54. The van der Waals surface area contributed by atoms with Crippen molar-refractivity contribution in [1.82, 2.24) is 55.4 Å². The summed E-state index contributed by atoms with van der Waals surface area (Å²) in [6, 6.07) is 1.81. The summed E-state index contributed by atoms with van der Waals surface area (Å²) in [5.41, 5.74) is 13.1. The first kappa shape index (κ1) is 29.8. The van der Waals surface area contributed by atoms with Gasteiger partial charge in [0.25, 0.3) is 11.7 Å². The highest BCUT2D eigenvalue weighted by molar-refractivity contribution is 6.17. The molecule has 0 bridgehead atoms. The molecule has 5 N–H and O–H groups in total. The number of nitrogens with one attached hydrogen (secondary N) is 3. The number of fused-ring (bicyclic) bond motifs is 2. The van der Waals surface area contributed by atoms with Crippen molar-refractivity contribution in [2.24, 2.45) is 10.9 Å². The summed E-state index contributed by atoms with van der Waals surface area (Å²) in [5.74, 6) is 1.51. The number of carbonyl (C=O) groups is 1. The van der Waals surface area contributed by atoms with Gasteiger partial charge in [0, 0.05) is 44.4 Å². The van der Waals surface area contributed by atoms with E-state index in [1.807, 2.05) is 17.6 Å². The smallest absolute Gasteiger partial charge is 0.292 e. The highest BCUT2D eigenvalue weighted by Gasteiger charge is 2.54. The molecule has 7 heterocycles. The molecule has 248 valence electrons. The van der Waals surface area contributed by atoms with Crippen LogP contribution in [0.1, 0.15) is 35.8 Å². The minimum absolute atomic E-state index is 0.0373. The second-order valence-electron chi connectivity index (χ2n) is 11.8. The second kappa shape index (κ2) is 11.9. The largest absolute Gasteiger partial charge is 0.481 e. The molecule has 5 aromatic rings. The summed E-state index contributed by atoms with van der Waals surface area (Å²) >= 11 is 0. The van der Waals surface area contributed by atoms with Gasteiger partial charge in [-0.25, -0.2) is 24.7 Å². The van der Waals surface area contributed by atoms with Gasteiger partial charge in [-0.05, 0) is 40.4 Å². The van der Waals surface area contributed by atoms with Crippen molar-refractivity contribution in [2.75, 3.05) is 51.1 Å². The lowest BCUT2D eigenvalue weighted by atomic mass is 10.1. The van der Waals surface area contributed by atoms with E-state index in [0.29, 0.717) is 78.5 Å². The van der Waals surface area contributed by atoms with Crippen LogP contribution in [0.15, 0.2) is 38.9 Å². The number of hydrogen-bond acceptors (Lipinski definition) is 16. The van der Waals surface area contributed by atoms with Gasteiger partial charge in [-0.3, -0.25) is 9.78 Å². The number of nitrogens with two attached hydrogens (primary N) is 1. The number of rotatable bonds is 11. The number of amidine groups is 1. The monoisotopic (exact) mass is 657 g/mol. The summed E-state index contributed by atoms with van der Waals surface area (Å²) in [7, 11) is 1.56. The molecule has 5 aromatic heterocycles. The van der Waals surface area contributed by atoms with Crippen molar-refractivity contribution < 1.29 is 23.5 Å². The molecular weight excluding hydrogens is 624 g/mol. The van der Waals surface area contributed by atoms with Crippen molar-refractivity contribution in [1.29, 1.82) is 0 Å². The van der Waals surface area contributed by atoms with E-state index in [0.717, 1.165) is 24.9 Å². The fourth-order valence-corrected chi connectivity index (χ4v) is 6.27. The molecular formula is C29H33N14O5+. The maximum Gasteiger partial charge on any atom is 0.292 e. The highest BCUT2D eigenvalue weighted by atomic mass is 16.6. The minimum Gasteiger partial charge on any atom is -0.481 e. The Morgan fingerprint density at radius 2 is 2.02 bits per heavy atom. The number of quaternary nitrogens is 1. The molecule has 2 atom stereocenters. The lowest BCUT2D eigenvalue weighted by Gasteiger charge is -2.34. The number of pyridine rings is 2. The Morgan fingerprint density at radius 3 is 2.77 bits per heavy atom. The number of imidazole rings is 1. The van der Waals surface area contributed by atoms with Crippen LogP contribution in [-0.4, -0.2) is 97.9 Å². The van der Waals surface area contributed by atoms with Crippen molar-refractivity contribution in [3.63, 3.8) is 0 Å². The molecule has 1 aliphatic carbocycles. The standard InChI is InChI=1S/C29H32N14O5/c1-3-42-20-8-21(45-2)33-13-18(20)35-27(42)23-26(41-48-39-23)37-43(14-15-4-5-15)24-17(29(44)34-10-16-9-31-6-7-46-16)11-32-12-19(24)36-28(43)22-25(30)40-47-38-22/h8,11-13,15-16,31H,3-7,9-10,14H2,1-2H3,(H3-,30,34,37,40,41,44)/p+1. The number of ether oxygens (including phenoxy) is 2. The predicted octanol–water partition coefficient (Wildman–Crippen LogP) is 1.42. The maximum absolute atomic E-state index is 14.0. The summed E-state index contributed by atoms with van der Waals surface area (Å²) < 4.78 is 23.3. The SMILES string of the molecule is CCn1c(-c2nonc2N[N+]2(CC3CC3)C(c3nonc3N)=Nc3cncc(C(=O)NCC4CNCCO4)c32)nc2cnc(OC)cc21. The van der Waals surface area contributed by atoms with Crippen LogP contribution in [0.4, 0.5) is 23.0 Å². The van der Waals surface area contributed by atoms with Crippen molar-refractivity contribution >= 4 is 45.8 Å². The summed E-state index contributed by atoms with van der Waals surface area (Å²) in [5, 5.41) is 22.8. The first-order chi connectivity index (χ1) is 23.5. The quantitative estimate of drug-likeness (QED) is 0.147. The minimum atomic E-state index is -0.343. The average molecular weight is 658 g/mol. The highest BCUT2D eigenvalue weighted by Crippen LogP contribution is 2.48. The van der Waals surface area contributed by atoms with Crippen molar-refractivity contribution in [2.45, 2.75) is 32.4 Å². The van der Waals surface area contributed by atoms with E-state index < -0.39 is 0 Å². The third-order valence-electron chi connectivity index (χ3n) is 8.69. The zero-order valence-corrected chi connectivity index (χ0v) is 26.2.